The zero-order chi connectivity index (χ0) is 18.2. The fourth-order valence-corrected chi connectivity index (χ4v) is 2.96. The third kappa shape index (κ3) is 6.51. The maximum absolute atomic E-state index is 11.6. The third-order valence-corrected chi connectivity index (χ3v) is 4.91. The fourth-order valence-electron chi connectivity index (χ4n) is 2.96. The number of ether oxygens (including phenoxy) is 1. The van der Waals surface area contributed by atoms with Crippen molar-refractivity contribution < 1.29 is 9.53 Å². The van der Waals surface area contributed by atoms with Crippen molar-refractivity contribution in [2.45, 2.75) is 45.4 Å². The van der Waals surface area contributed by atoms with Gasteiger partial charge < -0.3 is 4.74 Å². The maximum Gasteiger partial charge on any atom is 0.306 e. The van der Waals surface area contributed by atoms with Crippen LogP contribution in [0.3, 0.4) is 0 Å². The Kier molecular flexibility index (Phi) is 6.65. The van der Waals surface area contributed by atoms with Crippen molar-refractivity contribution in [2.24, 2.45) is 5.92 Å². The number of benzene rings is 2. The Labute approximate surface area is 156 Å². The minimum atomic E-state index is -0.0759. The molecular weight excluding hydrogens is 320 g/mol. The standard InChI is InChI=1S/C24H28O2/c1-19-4-6-21(7-5-19)12-13-22-10-8-20(9-11-22)3-2-18-26-24(25)17-16-23-14-15-23/h2-11,23H,12-18H2,1H3. The molecule has 1 fully saturated rings. The van der Waals surface area contributed by atoms with Gasteiger partial charge in [-0.25, -0.2) is 0 Å². The molecule has 1 aliphatic rings. The van der Waals surface area contributed by atoms with Gasteiger partial charge in [-0.3, -0.25) is 4.79 Å². The van der Waals surface area contributed by atoms with Crippen LogP contribution in [0.4, 0.5) is 0 Å². The van der Waals surface area contributed by atoms with Crippen LogP contribution in [0.2, 0.25) is 0 Å². The van der Waals surface area contributed by atoms with Crippen molar-refractivity contribution in [1.82, 2.24) is 0 Å². The van der Waals surface area contributed by atoms with E-state index >= 15 is 0 Å². The molecule has 3 rings (SSSR count). The Bertz CT molecular complexity index is 722. The van der Waals surface area contributed by atoms with Gasteiger partial charge in [0.05, 0.1) is 0 Å². The molecule has 0 saturated heterocycles. The number of aryl methyl sites for hydroxylation is 3. The molecule has 2 aromatic carbocycles. The molecule has 1 saturated carbocycles. The molecule has 0 unspecified atom stereocenters. The molecule has 0 aromatic heterocycles. The predicted octanol–water partition coefficient (Wildman–Crippen LogP) is 5.53. The summed E-state index contributed by atoms with van der Waals surface area (Å²) in [5.41, 5.74) is 5.16. The lowest BCUT2D eigenvalue weighted by atomic mass is 10.0. The van der Waals surface area contributed by atoms with Crippen LogP contribution in [0.15, 0.2) is 54.6 Å². The number of rotatable bonds is 9. The molecule has 2 nitrogen and oxygen atoms in total. The highest BCUT2D eigenvalue weighted by atomic mass is 16.5. The summed E-state index contributed by atoms with van der Waals surface area (Å²) in [6, 6.07) is 17.3. The summed E-state index contributed by atoms with van der Waals surface area (Å²) >= 11 is 0. The number of hydrogen-bond donors (Lipinski definition) is 0. The van der Waals surface area contributed by atoms with E-state index in [4.69, 9.17) is 4.74 Å². The lowest BCUT2D eigenvalue weighted by molar-refractivity contribution is -0.142. The highest BCUT2D eigenvalue weighted by Crippen LogP contribution is 2.33. The first-order valence-corrected chi connectivity index (χ1v) is 9.66. The quantitative estimate of drug-likeness (QED) is 0.557. The Balaban J connectivity index is 1.37. The highest BCUT2D eigenvalue weighted by molar-refractivity contribution is 5.69. The summed E-state index contributed by atoms with van der Waals surface area (Å²) < 4.78 is 5.24. The SMILES string of the molecule is Cc1ccc(CCc2ccc(C=CCOC(=O)CCC3CC3)cc2)cc1. The van der Waals surface area contributed by atoms with E-state index in [0.717, 1.165) is 30.7 Å². The number of hydrogen-bond acceptors (Lipinski definition) is 2. The Morgan fingerprint density at radius 3 is 2.23 bits per heavy atom. The summed E-state index contributed by atoms with van der Waals surface area (Å²) in [6.07, 6.45) is 10.2. The number of carbonyl (C=O) groups is 1. The molecule has 0 radical (unpaired) electrons. The van der Waals surface area contributed by atoms with E-state index < -0.39 is 0 Å². The molecule has 0 atom stereocenters. The van der Waals surface area contributed by atoms with E-state index in [1.165, 1.54) is 29.5 Å². The molecule has 0 aliphatic heterocycles. The topological polar surface area (TPSA) is 26.3 Å². The summed E-state index contributed by atoms with van der Waals surface area (Å²) in [5.74, 6) is 0.704. The van der Waals surface area contributed by atoms with E-state index in [0.29, 0.717) is 13.0 Å². The molecule has 136 valence electrons. The summed E-state index contributed by atoms with van der Waals surface area (Å²) in [7, 11) is 0. The van der Waals surface area contributed by atoms with Crippen molar-refractivity contribution in [2.75, 3.05) is 6.61 Å². The van der Waals surface area contributed by atoms with Crippen molar-refractivity contribution in [3.8, 4) is 0 Å². The van der Waals surface area contributed by atoms with E-state index in [-0.39, 0.29) is 5.97 Å². The van der Waals surface area contributed by atoms with Gasteiger partial charge in [0, 0.05) is 6.42 Å². The van der Waals surface area contributed by atoms with Gasteiger partial charge in [0.1, 0.15) is 6.61 Å². The second-order valence-corrected chi connectivity index (χ2v) is 7.29. The first-order chi connectivity index (χ1) is 12.7. The minimum Gasteiger partial charge on any atom is -0.461 e. The van der Waals surface area contributed by atoms with Crippen LogP contribution in [0.1, 0.15) is 47.9 Å². The second-order valence-electron chi connectivity index (χ2n) is 7.29. The van der Waals surface area contributed by atoms with Crippen LogP contribution in [0.25, 0.3) is 6.08 Å². The van der Waals surface area contributed by atoms with Gasteiger partial charge in [-0.1, -0.05) is 73.0 Å². The smallest absolute Gasteiger partial charge is 0.306 e. The van der Waals surface area contributed by atoms with Crippen LogP contribution in [0.5, 0.6) is 0 Å². The Morgan fingerprint density at radius 2 is 1.62 bits per heavy atom. The van der Waals surface area contributed by atoms with E-state index in [1.54, 1.807) is 0 Å². The van der Waals surface area contributed by atoms with E-state index in [2.05, 4.69) is 55.5 Å². The maximum atomic E-state index is 11.6. The van der Waals surface area contributed by atoms with Crippen LogP contribution in [-0.2, 0) is 22.4 Å². The second kappa shape index (κ2) is 9.38. The first-order valence-electron chi connectivity index (χ1n) is 9.66. The largest absolute Gasteiger partial charge is 0.461 e. The van der Waals surface area contributed by atoms with Gasteiger partial charge in [-0.15, -0.1) is 0 Å². The monoisotopic (exact) mass is 348 g/mol. The summed E-state index contributed by atoms with van der Waals surface area (Å²) in [4.78, 5) is 11.6. The molecule has 0 amide bonds. The van der Waals surface area contributed by atoms with Gasteiger partial charge in [-0.2, -0.15) is 0 Å². The molecule has 1 aliphatic carbocycles. The van der Waals surface area contributed by atoms with E-state index in [1.807, 2.05) is 12.2 Å². The lowest BCUT2D eigenvalue weighted by Crippen LogP contribution is -2.04. The first kappa shape index (κ1) is 18.4. The van der Waals surface area contributed by atoms with Crippen molar-refractivity contribution in [3.05, 3.63) is 76.9 Å². The normalized spacial score (nSPS) is 13.9. The van der Waals surface area contributed by atoms with Gasteiger partial charge >= 0.3 is 5.97 Å². The molecular formula is C24H28O2. The molecule has 0 spiro atoms. The van der Waals surface area contributed by atoms with Crippen LogP contribution in [0, 0.1) is 12.8 Å². The van der Waals surface area contributed by atoms with Crippen LogP contribution < -0.4 is 0 Å². The minimum absolute atomic E-state index is 0.0759. The molecule has 26 heavy (non-hydrogen) atoms. The number of esters is 1. The highest BCUT2D eigenvalue weighted by Gasteiger charge is 2.21. The van der Waals surface area contributed by atoms with E-state index in [9.17, 15) is 4.79 Å². The third-order valence-electron chi connectivity index (χ3n) is 4.91. The van der Waals surface area contributed by atoms with Crippen LogP contribution >= 0.6 is 0 Å². The molecule has 0 N–H and O–H groups in total. The lowest BCUT2D eigenvalue weighted by Gasteiger charge is -2.04. The Morgan fingerprint density at radius 1 is 1.00 bits per heavy atom. The fraction of sp³-hybridized carbons (Fsp3) is 0.375. The summed E-state index contributed by atoms with van der Waals surface area (Å²) in [6.45, 7) is 2.48. The molecule has 0 bridgehead atoms. The zero-order valence-electron chi connectivity index (χ0n) is 15.6. The van der Waals surface area contributed by atoms with Gasteiger partial charge in [0.2, 0.25) is 0 Å². The Hall–Kier alpha value is -2.35. The van der Waals surface area contributed by atoms with Gasteiger partial charge in [-0.05, 0) is 54.9 Å². The molecule has 2 aromatic rings. The molecule has 2 heteroatoms. The van der Waals surface area contributed by atoms with Gasteiger partial charge in [0.15, 0.2) is 0 Å². The van der Waals surface area contributed by atoms with Crippen molar-refractivity contribution in [3.63, 3.8) is 0 Å². The predicted molar refractivity (Wildman–Crippen MR) is 107 cm³/mol. The molecule has 0 heterocycles. The zero-order valence-corrected chi connectivity index (χ0v) is 15.6. The van der Waals surface area contributed by atoms with Gasteiger partial charge in [0.25, 0.3) is 0 Å². The van der Waals surface area contributed by atoms with Crippen molar-refractivity contribution in [1.29, 1.82) is 0 Å². The average Bonchev–Trinajstić information content (AvgIpc) is 3.49. The average molecular weight is 348 g/mol. The number of carbonyl (C=O) groups excluding carboxylic acids is 1. The van der Waals surface area contributed by atoms with Crippen LogP contribution in [-0.4, -0.2) is 12.6 Å². The van der Waals surface area contributed by atoms with Crippen molar-refractivity contribution >= 4 is 12.0 Å². The summed E-state index contributed by atoms with van der Waals surface area (Å²) in [5, 5.41) is 0.